The minimum absolute atomic E-state index is 0.837. The van der Waals surface area contributed by atoms with E-state index < -0.39 is 0 Å². The topological polar surface area (TPSA) is 35.6 Å². The molecule has 236 valence electrons. The van der Waals surface area contributed by atoms with E-state index in [4.69, 9.17) is 9.97 Å². The van der Waals surface area contributed by atoms with Gasteiger partial charge >= 0.3 is 0 Å². The van der Waals surface area contributed by atoms with E-state index in [-0.39, 0.29) is 0 Å². The van der Waals surface area contributed by atoms with E-state index in [0.717, 1.165) is 43.8 Å². The molecule has 0 N–H and O–H groups in total. The smallest absolute Gasteiger partial charge is 0.165 e. The third-order valence-electron chi connectivity index (χ3n) is 10.7. The van der Waals surface area contributed by atoms with Crippen LogP contribution in [-0.4, -0.2) is 19.1 Å². The number of hydrogen-bond acceptors (Lipinski definition) is 3. The van der Waals surface area contributed by atoms with Gasteiger partial charge in [0.25, 0.3) is 0 Å². The molecule has 5 heterocycles. The number of nitrogens with zero attached hydrogens (tertiary/aromatic N) is 4. The zero-order valence-electron chi connectivity index (χ0n) is 27.2. The van der Waals surface area contributed by atoms with Gasteiger partial charge < -0.3 is 4.57 Å². The first-order valence-electron chi connectivity index (χ1n) is 17.3. The van der Waals surface area contributed by atoms with E-state index in [0.29, 0.717) is 0 Å². The van der Waals surface area contributed by atoms with Gasteiger partial charge in [0.2, 0.25) is 0 Å². The zero-order chi connectivity index (χ0) is 33.2. The summed E-state index contributed by atoms with van der Waals surface area (Å²) < 4.78 is 6.08. The molecule has 4 aromatic heterocycles. The molecule has 12 rings (SSSR count). The predicted molar refractivity (Wildman–Crippen MR) is 213 cm³/mol. The lowest BCUT2D eigenvalue weighted by Gasteiger charge is -2.14. The van der Waals surface area contributed by atoms with Gasteiger partial charge in [0, 0.05) is 48.3 Å². The lowest BCUT2D eigenvalue weighted by Crippen LogP contribution is -2.03. The van der Waals surface area contributed by atoms with Gasteiger partial charge in [0.15, 0.2) is 5.82 Å². The molecule has 0 amide bonds. The largest absolute Gasteiger partial charge is 0.308 e. The van der Waals surface area contributed by atoms with Gasteiger partial charge in [-0.05, 0) is 41.5 Å². The van der Waals surface area contributed by atoms with Crippen molar-refractivity contribution >= 4 is 75.4 Å². The highest BCUT2D eigenvalue weighted by Crippen LogP contribution is 2.52. The van der Waals surface area contributed by atoms with Gasteiger partial charge in [-0.3, -0.25) is 4.57 Å². The molecule has 51 heavy (non-hydrogen) atoms. The third kappa shape index (κ3) is 3.58. The van der Waals surface area contributed by atoms with Crippen LogP contribution in [0.3, 0.4) is 0 Å². The number of aromatic nitrogens is 4. The van der Waals surface area contributed by atoms with Crippen LogP contribution in [0, 0.1) is 0 Å². The average Bonchev–Trinajstić information content (AvgIpc) is 3.81. The van der Waals surface area contributed by atoms with Crippen molar-refractivity contribution in [3.8, 4) is 45.0 Å². The molecule has 0 saturated carbocycles. The Labute approximate surface area is 296 Å². The number of thiophene rings is 1. The monoisotopic (exact) mass is 666 g/mol. The fourth-order valence-corrected chi connectivity index (χ4v) is 9.62. The molecule has 4 nitrogen and oxygen atoms in total. The van der Waals surface area contributed by atoms with Crippen LogP contribution < -0.4 is 0 Å². The Morgan fingerprint density at radius 2 is 1.12 bits per heavy atom. The number of para-hydroxylation sites is 3. The minimum atomic E-state index is 0.837. The summed E-state index contributed by atoms with van der Waals surface area (Å²) in [7, 11) is 0. The summed E-state index contributed by atoms with van der Waals surface area (Å²) >= 11 is 1.71. The number of benzene rings is 7. The van der Waals surface area contributed by atoms with Crippen molar-refractivity contribution < 1.29 is 0 Å². The summed E-state index contributed by atoms with van der Waals surface area (Å²) in [6.45, 7) is 0. The van der Waals surface area contributed by atoms with Crippen LogP contribution in [0.2, 0.25) is 0 Å². The quantitative estimate of drug-likeness (QED) is 0.184. The first-order valence-corrected chi connectivity index (χ1v) is 18.1. The minimum Gasteiger partial charge on any atom is -0.308 e. The molecular weight excluding hydrogens is 641 g/mol. The SMILES string of the molecule is c1ccc(-c2nc3sc4ccccc4c3nc2-n2c3ccccc3c3c4c5c(cc32)c2ccccc2n5-c2ccccc2-c2ccccc2-4)cc1. The molecular formula is C46H26N4S. The van der Waals surface area contributed by atoms with Gasteiger partial charge in [-0.25, -0.2) is 9.97 Å². The highest BCUT2D eigenvalue weighted by molar-refractivity contribution is 7.25. The van der Waals surface area contributed by atoms with Crippen LogP contribution in [0.1, 0.15) is 0 Å². The average molecular weight is 667 g/mol. The second-order valence-electron chi connectivity index (χ2n) is 13.3. The van der Waals surface area contributed by atoms with Crippen LogP contribution in [-0.2, 0) is 0 Å². The van der Waals surface area contributed by atoms with E-state index in [1.165, 1.54) is 65.2 Å². The highest BCUT2D eigenvalue weighted by Gasteiger charge is 2.29. The van der Waals surface area contributed by atoms with Gasteiger partial charge in [-0.2, -0.15) is 0 Å². The van der Waals surface area contributed by atoms with E-state index in [9.17, 15) is 0 Å². The molecule has 0 atom stereocenters. The Balaban J connectivity index is 1.34. The molecule has 0 spiro atoms. The number of rotatable bonds is 2. The van der Waals surface area contributed by atoms with Crippen molar-refractivity contribution in [2.75, 3.05) is 0 Å². The molecule has 0 aliphatic carbocycles. The molecule has 0 saturated heterocycles. The lowest BCUT2D eigenvalue weighted by atomic mass is 9.91. The Bertz CT molecular complexity index is 3250. The van der Waals surface area contributed by atoms with E-state index in [1.54, 1.807) is 11.3 Å². The molecule has 1 aliphatic rings. The molecule has 5 heteroatoms. The fraction of sp³-hybridized carbons (Fsp3) is 0. The van der Waals surface area contributed by atoms with Gasteiger partial charge in [-0.1, -0.05) is 127 Å². The third-order valence-corrected chi connectivity index (χ3v) is 11.7. The van der Waals surface area contributed by atoms with Crippen molar-refractivity contribution in [2.24, 2.45) is 0 Å². The van der Waals surface area contributed by atoms with Gasteiger partial charge in [-0.15, -0.1) is 11.3 Å². The van der Waals surface area contributed by atoms with Gasteiger partial charge in [0.05, 0.1) is 27.8 Å². The molecule has 11 aromatic rings. The lowest BCUT2D eigenvalue weighted by molar-refractivity contribution is 1.09. The fourth-order valence-electron chi connectivity index (χ4n) is 8.60. The normalized spacial score (nSPS) is 12.3. The van der Waals surface area contributed by atoms with Crippen LogP contribution in [0.4, 0.5) is 0 Å². The van der Waals surface area contributed by atoms with Crippen LogP contribution in [0.5, 0.6) is 0 Å². The summed E-state index contributed by atoms with van der Waals surface area (Å²) in [5.74, 6) is 0.837. The maximum absolute atomic E-state index is 5.60. The number of fused-ring (bicyclic) bond motifs is 15. The van der Waals surface area contributed by atoms with Gasteiger partial charge in [0.1, 0.15) is 16.0 Å². The molecule has 0 unspecified atom stereocenters. The van der Waals surface area contributed by atoms with Crippen molar-refractivity contribution in [2.45, 2.75) is 0 Å². The van der Waals surface area contributed by atoms with Crippen LogP contribution in [0.25, 0.3) is 109 Å². The maximum Gasteiger partial charge on any atom is 0.165 e. The van der Waals surface area contributed by atoms with E-state index in [2.05, 4.69) is 167 Å². The summed E-state index contributed by atoms with van der Waals surface area (Å²) in [6, 6.07) is 56.9. The Hall–Kier alpha value is -6.56. The number of hydrogen-bond donors (Lipinski definition) is 0. The first-order chi connectivity index (χ1) is 25.3. The summed E-state index contributed by atoms with van der Waals surface area (Å²) in [5, 5.41) is 6.00. The van der Waals surface area contributed by atoms with Crippen LogP contribution >= 0.6 is 11.3 Å². The second-order valence-corrected chi connectivity index (χ2v) is 14.4. The predicted octanol–water partition coefficient (Wildman–Crippen LogP) is 12.4. The highest BCUT2D eigenvalue weighted by atomic mass is 32.1. The summed E-state index contributed by atoms with van der Waals surface area (Å²) in [4.78, 5) is 12.0. The molecule has 0 bridgehead atoms. The van der Waals surface area contributed by atoms with Crippen molar-refractivity contribution in [3.05, 3.63) is 158 Å². The Morgan fingerprint density at radius 1 is 0.471 bits per heavy atom. The van der Waals surface area contributed by atoms with E-state index in [1.807, 2.05) is 0 Å². The van der Waals surface area contributed by atoms with Crippen molar-refractivity contribution in [1.29, 1.82) is 0 Å². The molecule has 0 fully saturated rings. The Morgan fingerprint density at radius 3 is 1.96 bits per heavy atom. The van der Waals surface area contributed by atoms with Crippen molar-refractivity contribution in [1.82, 2.24) is 19.1 Å². The zero-order valence-corrected chi connectivity index (χ0v) is 28.0. The molecule has 7 aromatic carbocycles. The Kier molecular flexibility index (Phi) is 5.35. The van der Waals surface area contributed by atoms with Crippen LogP contribution in [0.15, 0.2) is 158 Å². The summed E-state index contributed by atoms with van der Waals surface area (Å²) in [5.41, 5.74) is 13.7. The van der Waals surface area contributed by atoms with Crippen molar-refractivity contribution in [3.63, 3.8) is 0 Å². The standard InChI is InChI=1S/C46H26N4S/c1-2-14-27(15-3-1)42-45(47-43-33-21-9-13-25-39(33)51-46(43)48-42)50-37-24-12-8-20-32(37)40-38(50)26-34-30-18-7-11-23-36(30)49-35-22-10-6-17-29(35)28-16-4-5-19-31(28)41(40)44(34)49/h1-26H. The van der Waals surface area contributed by atoms with E-state index >= 15 is 0 Å². The maximum atomic E-state index is 5.60. The molecule has 0 radical (unpaired) electrons. The first kappa shape index (κ1) is 27.3. The molecule has 1 aliphatic heterocycles. The summed E-state index contributed by atoms with van der Waals surface area (Å²) in [6.07, 6.45) is 0. The second kappa shape index (κ2) is 10.0.